The van der Waals surface area contributed by atoms with E-state index >= 15 is 0 Å². The van der Waals surface area contributed by atoms with Crippen molar-refractivity contribution in [2.24, 2.45) is 5.92 Å². The second kappa shape index (κ2) is 8.04. The summed E-state index contributed by atoms with van der Waals surface area (Å²) in [5, 5.41) is 3.50. The van der Waals surface area contributed by atoms with E-state index in [9.17, 15) is 0 Å². The fourth-order valence-corrected chi connectivity index (χ4v) is 3.64. The Labute approximate surface area is 131 Å². The van der Waals surface area contributed by atoms with Gasteiger partial charge in [0.05, 0.1) is 7.11 Å². The van der Waals surface area contributed by atoms with Gasteiger partial charge < -0.3 is 10.1 Å². The van der Waals surface area contributed by atoms with Crippen molar-refractivity contribution in [3.05, 3.63) is 28.2 Å². The highest BCUT2D eigenvalue weighted by Gasteiger charge is 2.19. The van der Waals surface area contributed by atoms with Crippen molar-refractivity contribution in [1.82, 2.24) is 5.32 Å². The van der Waals surface area contributed by atoms with E-state index < -0.39 is 0 Å². The molecule has 1 aromatic carbocycles. The maximum absolute atomic E-state index is 5.33. The van der Waals surface area contributed by atoms with Gasteiger partial charge in [0.25, 0.3) is 0 Å². The van der Waals surface area contributed by atoms with E-state index in [2.05, 4.69) is 40.4 Å². The highest BCUT2D eigenvalue weighted by atomic mass is 79.9. The Morgan fingerprint density at radius 1 is 1.30 bits per heavy atom. The Kier molecular flexibility index (Phi) is 6.37. The molecule has 1 aliphatic carbocycles. The molecule has 1 aliphatic rings. The number of hydrogen-bond acceptors (Lipinski definition) is 2. The summed E-state index contributed by atoms with van der Waals surface area (Å²) in [7, 11) is 3.81. The summed E-state index contributed by atoms with van der Waals surface area (Å²) >= 11 is 3.66. The maximum Gasteiger partial charge on any atom is 0.119 e. The molecule has 1 atom stereocenters. The van der Waals surface area contributed by atoms with Gasteiger partial charge in [0.2, 0.25) is 0 Å². The predicted octanol–water partition coefficient (Wildman–Crippen LogP) is 4.56. The summed E-state index contributed by atoms with van der Waals surface area (Å²) < 4.78 is 6.52. The van der Waals surface area contributed by atoms with Crippen LogP contribution in [0.1, 0.15) is 44.1 Å². The maximum atomic E-state index is 5.33. The van der Waals surface area contributed by atoms with Crippen LogP contribution in [-0.4, -0.2) is 20.2 Å². The summed E-state index contributed by atoms with van der Waals surface area (Å²) in [6.07, 6.45) is 9.45. The molecule has 1 N–H and O–H groups in total. The molecule has 2 nitrogen and oxygen atoms in total. The first-order valence-electron chi connectivity index (χ1n) is 7.72. The first kappa shape index (κ1) is 15.8. The van der Waals surface area contributed by atoms with Crippen LogP contribution < -0.4 is 10.1 Å². The first-order chi connectivity index (χ1) is 9.72. The van der Waals surface area contributed by atoms with Gasteiger partial charge in [0.15, 0.2) is 0 Å². The average molecular weight is 340 g/mol. The van der Waals surface area contributed by atoms with Gasteiger partial charge in [-0.15, -0.1) is 0 Å². The third-order valence-electron chi connectivity index (χ3n) is 4.47. The Hall–Kier alpha value is -0.540. The van der Waals surface area contributed by atoms with Gasteiger partial charge in [-0.3, -0.25) is 0 Å². The molecule has 0 aliphatic heterocycles. The van der Waals surface area contributed by atoms with Gasteiger partial charge >= 0.3 is 0 Å². The molecule has 0 spiro atoms. The Morgan fingerprint density at radius 3 is 2.70 bits per heavy atom. The van der Waals surface area contributed by atoms with E-state index in [-0.39, 0.29) is 0 Å². The molecule has 3 heteroatoms. The molecule has 20 heavy (non-hydrogen) atoms. The number of methoxy groups -OCH3 is 1. The topological polar surface area (TPSA) is 21.3 Å². The number of benzene rings is 1. The average Bonchev–Trinajstić information content (AvgIpc) is 2.49. The lowest BCUT2D eigenvalue weighted by molar-refractivity contribution is 0.302. The zero-order valence-electron chi connectivity index (χ0n) is 12.6. The minimum atomic E-state index is 0.557. The van der Waals surface area contributed by atoms with Crippen LogP contribution in [0, 0.1) is 5.92 Å². The zero-order chi connectivity index (χ0) is 14.4. The molecule has 1 unspecified atom stereocenters. The molecular formula is C17H26BrNO. The van der Waals surface area contributed by atoms with E-state index in [1.807, 2.05) is 6.07 Å². The van der Waals surface area contributed by atoms with Crippen molar-refractivity contribution in [2.75, 3.05) is 14.2 Å². The standard InChI is InChI=1S/C17H26BrNO/c1-19-15(10-13-6-4-3-5-7-13)11-14-12-16(20-2)8-9-17(14)18/h8-9,12-13,15,19H,3-7,10-11H2,1-2H3. The van der Waals surface area contributed by atoms with E-state index in [1.54, 1.807) is 7.11 Å². The molecule has 1 fully saturated rings. The number of likely N-dealkylation sites (N-methyl/N-ethyl adjacent to an activating group) is 1. The molecule has 0 heterocycles. The number of ether oxygens (including phenoxy) is 1. The van der Waals surface area contributed by atoms with Gasteiger partial charge in [-0.1, -0.05) is 48.0 Å². The van der Waals surface area contributed by atoms with Crippen molar-refractivity contribution in [1.29, 1.82) is 0 Å². The van der Waals surface area contributed by atoms with Crippen LogP contribution in [-0.2, 0) is 6.42 Å². The van der Waals surface area contributed by atoms with Gasteiger partial charge in [0, 0.05) is 10.5 Å². The minimum absolute atomic E-state index is 0.557. The molecule has 0 radical (unpaired) electrons. The third kappa shape index (κ3) is 4.49. The molecule has 1 saturated carbocycles. The normalized spacial score (nSPS) is 17.9. The molecule has 0 amide bonds. The van der Waals surface area contributed by atoms with Crippen LogP contribution in [0.25, 0.3) is 0 Å². The van der Waals surface area contributed by atoms with E-state index in [1.165, 1.54) is 48.6 Å². The summed E-state index contributed by atoms with van der Waals surface area (Å²) in [5.74, 6) is 1.85. The smallest absolute Gasteiger partial charge is 0.119 e. The first-order valence-corrected chi connectivity index (χ1v) is 8.52. The van der Waals surface area contributed by atoms with Crippen molar-refractivity contribution >= 4 is 15.9 Å². The number of hydrogen-bond donors (Lipinski definition) is 1. The molecule has 0 saturated heterocycles. The van der Waals surface area contributed by atoms with Gasteiger partial charge in [-0.25, -0.2) is 0 Å². The minimum Gasteiger partial charge on any atom is -0.497 e. The Morgan fingerprint density at radius 2 is 2.05 bits per heavy atom. The van der Waals surface area contributed by atoms with Crippen molar-refractivity contribution in [3.8, 4) is 5.75 Å². The number of halogens is 1. The second-order valence-electron chi connectivity index (χ2n) is 5.89. The van der Waals surface area contributed by atoms with Crippen LogP contribution in [0.15, 0.2) is 22.7 Å². The summed E-state index contributed by atoms with van der Waals surface area (Å²) in [6.45, 7) is 0. The van der Waals surface area contributed by atoms with E-state index in [4.69, 9.17) is 4.74 Å². The van der Waals surface area contributed by atoms with Crippen molar-refractivity contribution in [3.63, 3.8) is 0 Å². The quantitative estimate of drug-likeness (QED) is 0.820. The van der Waals surface area contributed by atoms with Crippen molar-refractivity contribution < 1.29 is 4.74 Å². The van der Waals surface area contributed by atoms with Crippen LogP contribution in [0.3, 0.4) is 0 Å². The lowest BCUT2D eigenvalue weighted by atomic mass is 9.83. The molecule has 112 valence electrons. The fraction of sp³-hybridized carbons (Fsp3) is 0.647. The summed E-state index contributed by atoms with van der Waals surface area (Å²) in [5.41, 5.74) is 1.33. The van der Waals surface area contributed by atoms with Gasteiger partial charge in [-0.2, -0.15) is 0 Å². The molecular weight excluding hydrogens is 314 g/mol. The molecule has 1 aromatic rings. The summed E-state index contributed by atoms with van der Waals surface area (Å²) in [4.78, 5) is 0. The zero-order valence-corrected chi connectivity index (χ0v) is 14.2. The van der Waals surface area contributed by atoms with Crippen LogP contribution in [0.5, 0.6) is 5.75 Å². The lowest BCUT2D eigenvalue weighted by Crippen LogP contribution is -2.30. The molecule has 0 bridgehead atoms. The van der Waals surface area contributed by atoms with Crippen LogP contribution in [0.2, 0.25) is 0 Å². The predicted molar refractivity (Wildman–Crippen MR) is 88.4 cm³/mol. The van der Waals surface area contributed by atoms with Crippen molar-refractivity contribution in [2.45, 2.75) is 51.0 Å². The third-order valence-corrected chi connectivity index (χ3v) is 5.24. The highest BCUT2D eigenvalue weighted by molar-refractivity contribution is 9.10. The largest absolute Gasteiger partial charge is 0.497 e. The fourth-order valence-electron chi connectivity index (χ4n) is 3.23. The monoisotopic (exact) mass is 339 g/mol. The number of nitrogens with one attached hydrogen (secondary N) is 1. The van der Waals surface area contributed by atoms with Gasteiger partial charge in [-0.05, 0) is 49.6 Å². The van der Waals surface area contributed by atoms with Crippen LogP contribution in [0.4, 0.5) is 0 Å². The molecule has 0 aromatic heterocycles. The highest BCUT2D eigenvalue weighted by Crippen LogP contribution is 2.29. The second-order valence-corrected chi connectivity index (χ2v) is 6.74. The Balaban J connectivity index is 1.98. The lowest BCUT2D eigenvalue weighted by Gasteiger charge is -2.26. The van der Waals surface area contributed by atoms with Crippen LogP contribution >= 0.6 is 15.9 Å². The molecule has 2 rings (SSSR count). The van der Waals surface area contributed by atoms with Gasteiger partial charge in [0.1, 0.15) is 5.75 Å². The SMILES string of the molecule is CNC(Cc1cc(OC)ccc1Br)CC1CCCCC1. The summed E-state index contributed by atoms with van der Waals surface area (Å²) in [6, 6.07) is 6.79. The Bertz CT molecular complexity index is 415. The number of rotatable bonds is 6. The van der Waals surface area contributed by atoms with E-state index in [0.29, 0.717) is 6.04 Å². The van der Waals surface area contributed by atoms with E-state index in [0.717, 1.165) is 18.1 Å².